The number of carbonyl (C=O) groups is 1. The van der Waals surface area contributed by atoms with Crippen LogP contribution in [0.5, 0.6) is 0 Å². The predicted octanol–water partition coefficient (Wildman–Crippen LogP) is 5.31. The van der Waals surface area contributed by atoms with Crippen molar-refractivity contribution in [3.8, 4) is 0 Å². The van der Waals surface area contributed by atoms with Crippen LogP contribution in [0.4, 0.5) is 17.1 Å². The van der Waals surface area contributed by atoms with Gasteiger partial charge in [0.25, 0.3) is 26.0 Å². The summed E-state index contributed by atoms with van der Waals surface area (Å²) in [6.45, 7) is 0. The average Bonchev–Trinajstić information content (AvgIpc) is 3.14. The van der Waals surface area contributed by atoms with Gasteiger partial charge in [0.15, 0.2) is 0 Å². The molecule has 5 rings (SSSR count). The molecule has 4 aromatic rings. The molecule has 0 radical (unpaired) electrons. The molecule has 0 saturated heterocycles. The molecule has 0 aliphatic carbocycles. The largest absolute Gasteiger partial charge is 0.320 e. The zero-order valence-electron chi connectivity index (χ0n) is 17.5. The van der Waals surface area contributed by atoms with Crippen molar-refractivity contribution in [2.45, 2.75) is 9.79 Å². The van der Waals surface area contributed by atoms with Gasteiger partial charge in [0.1, 0.15) is 4.90 Å². The fourth-order valence-corrected chi connectivity index (χ4v) is 6.74. The number of nitrogens with one attached hydrogen (secondary N) is 3. The number of para-hydroxylation sites is 1. The van der Waals surface area contributed by atoms with Gasteiger partial charge in [-0.3, -0.25) is 14.2 Å². The summed E-state index contributed by atoms with van der Waals surface area (Å²) in [5.41, 5.74) is 0.581. The van der Waals surface area contributed by atoms with E-state index in [1.54, 1.807) is 30.3 Å². The van der Waals surface area contributed by atoms with Crippen molar-refractivity contribution in [3.05, 3.63) is 88.4 Å². The molecule has 3 N–H and O–H groups in total. The topological polar surface area (TPSA) is 121 Å². The summed E-state index contributed by atoms with van der Waals surface area (Å²) in [5.74, 6) is -0.534. The molecule has 35 heavy (non-hydrogen) atoms. The number of hydrogen-bond donors (Lipinski definition) is 3. The quantitative estimate of drug-likeness (QED) is 0.301. The molecular formula is C23H15Cl2N3O5S2. The van der Waals surface area contributed by atoms with Crippen molar-refractivity contribution >= 4 is 77.0 Å². The van der Waals surface area contributed by atoms with Crippen molar-refractivity contribution in [3.63, 3.8) is 0 Å². The second-order valence-corrected chi connectivity index (χ2v) is 11.8. The number of anilines is 3. The maximum Gasteiger partial charge on any atom is 0.264 e. The number of amides is 1. The van der Waals surface area contributed by atoms with E-state index < -0.39 is 26.0 Å². The minimum absolute atomic E-state index is 0.0116. The molecule has 0 aromatic heterocycles. The molecule has 1 aliphatic rings. The third kappa shape index (κ3) is 4.19. The molecule has 4 aromatic carbocycles. The van der Waals surface area contributed by atoms with Crippen LogP contribution in [0, 0.1) is 0 Å². The Morgan fingerprint density at radius 3 is 2.09 bits per heavy atom. The number of sulfonamides is 2. The zero-order valence-corrected chi connectivity index (χ0v) is 20.7. The molecule has 1 heterocycles. The van der Waals surface area contributed by atoms with Crippen LogP contribution in [-0.2, 0) is 20.0 Å². The highest BCUT2D eigenvalue weighted by atomic mass is 35.5. The van der Waals surface area contributed by atoms with Crippen LogP contribution in [0.3, 0.4) is 0 Å². The van der Waals surface area contributed by atoms with E-state index in [-0.39, 0.29) is 53.2 Å². The molecule has 178 valence electrons. The normalized spacial score (nSPS) is 13.0. The first-order valence-electron chi connectivity index (χ1n) is 10.0. The lowest BCUT2D eigenvalue weighted by atomic mass is 10.1. The Kier molecular flexibility index (Phi) is 5.64. The van der Waals surface area contributed by atoms with E-state index in [1.807, 2.05) is 0 Å². The number of carbonyl (C=O) groups excluding carboxylic acids is 1. The lowest BCUT2D eigenvalue weighted by Crippen LogP contribution is -2.18. The Balaban J connectivity index is 1.72. The van der Waals surface area contributed by atoms with E-state index in [9.17, 15) is 21.6 Å². The summed E-state index contributed by atoms with van der Waals surface area (Å²) >= 11 is 11.9. The summed E-state index contributed by atoms with van der Waals surface area (Å²) < 4.78 is 58.5. The number of hydrogen-bond acceptors (Lipinski definition) is 5. The Labute approximate surface area is 211 Å². The monoisotopic (exact) mass is 547 g/mol. The summed E-state index contributed by atoms with van der Waals surface area (Å²) in [6, 6.07) is 17.9. The molecule has 0 atom stereocenters. The molecule has 0 fully saturated rings. The van der Waals surface area contributed by atoms with Gasteiger partial charge in [0.2, 0.25) is 0 Å². The molecule has 0 spiro atoms. The van der Waals surface area contributed by atoms with E-state index in [1.165, 1.54) is 36.4 Å². The molecule has 1 amide bonds. The number of halogens is 2. The van der Waals surface area contributed by atoms with Gasteiger partial charge in [-0.05, 0) is 42.5 Å². The maximum atomic E-state index is 13.5. The number of rotatable bonds is 6. The van der Waals surface area contributed by atoms with Crippen LogP contribution in [0.2, 0.25) is 10.0 Å². The van der Waals surface area contributed by atoms with Crippen LogP contribution in [0.1, 0.15) is 10.4 Å². The van der Waals surface area contributed by atoms with E-state index in [0.29, 0.717) is 0 Å². The van der Waals surface area contributed by atoms with Crippen LogP contribution < -0.4 is 14.8 Å². The molecule has 1 aliphatic heterocycles. The Morgan fingerprint density at radius 1 is 0.686 bits per heavy atom. The lowest BCUT2D eigenvalue weighted by molar-refractivity contribution is 0.103. The highest BCUT2D eigenvalue weighted by molar-refractivity contribution is 7.93. The maximum absolute atomic E-state index is 13.5. The molecule has 8 nitrogen and oxygen atoms in total. The first-order chi connectivity index (χ1) is 16.6. The molecule has 0 saturated carbocycles. The van der Waals surface area contributed by atoms with Gasteiger partial charge in [-0.25, -0.2) is 16.8 Å². The molecular weight excluding hydrogens is 533 g/mol. The summed E-state index contributed by atoms with van der Waals surface area (Å²) in [7, 11) is -8.63. The number of benzene rings is 4. The minimum Gasteiger partial charge on any atom is -0.320 e. The zero-order chi connectivity index (χ0) is 25.0. The van der Waals surface area contributed by atoms with Crippen molar-refractivity contribution in [2.75, 3.05) is 14.8 Å². The van der Waals surface area contributed by atoms with E-state index in [2.05, 4.69) is 14.8 Å². The Hall–Kier alpha value is -3.31. The van der Waals surface area contributed by atoms with Crippen LogP contribution in [0.25, 0.3) is 10.8 Å². The van der Waals surface area contributed by atoms with Crippen molar-refractivity contribution in [1.82, 2.24) is 0 Å². The van der Waals surface area contributed by atoms with E-state index >= 15 is 0 Å². The third-order valence-electron chi connectivity index (χ3n) is 5.35. The van der Waals surface area contributed by atoms with Gasteiger partial charge in [0.05, 0.1) is 26.3 Å². The fraction of sp³-hybridized carbons (Fsp3) is 0. The van der Waals surface area contributed by atoms with Gasteiger partial charge in [-0.1, -0.05) is 53.5 Å². The molecule has 0 unspecified atom stereocenters. The standard InChI is InChI=1S/C23H15Cl2N3O5S2/c24-17-10-9-14(11-18(17)25)28-34(30,31)19-12-20(35(32,33)27-13-5-2-1-3-6-13)22-21-15(19)7-4-8-16(21)23(29)26-22/h1-12,27-28H,(H,26,29). The fourth-order valence-electron chi connectivity index (χ4n) is 3.83. The second-order valence-electron chi connectivity index (χ2n) is 7.64. The predicted molar refractivity (Wildman–Crippen MR) is 136 cm³/mol. The van der Waals surface area contributed by atoms with Gasteiger partial charge in [-0.15, -0.1) is 0 Å². The van der Waals surface area contributed by atoms with E-state index in [4.69, 9.17) is 23.2 Å². The van der Waals surface area contributed by atoms with Crippen molar-refractivity contribution in [2.24, 2.45) is 0 Å². The van der Waals surface area contributed by atoms with Gasteiger partial charge in [0, 0.05) is 22.0 Å². The highest BCUT2D eigenvalue weighted by Crippen LogP contribution is 2.42. The SMILES string of the molecule is O=C1Nc2c(S(=O)(=O)Nc3ccccc3)cc(S(=O)(=O)Nc3ccc(Cl)c(Cl)c3)c3cccc1c23. The van der Waals surface area contributed by atoms with Crippen LogP contribution in [-0.4, -0.2) is 22.7 Å². The first-order valence-corrected chi connectivity index (χ1v) is 13.8. The van der Waals surface area contributed by atoms with Gasteiger partial charge in [-0.2, -0.15) is 0 Å². The van der Waals surface area contributed by atoms with Crippen LogP contribution in [0.15, 0.2) is 82.6 Å². The third-order valence-corrected chi connectivity index (χ3v) is 8.91. The van der Waals surface area contributed by atoms with E-state index in [0.717, 1.165) is 6.07 Å². The average molecular weight is 548 g/mol. The van der Waals surface area contributed by atoms with Gasteiger partial charge >= 0.3 is 0 Å². The minimum atomic E-state index is -4.33. The smallest absolute Gasteiger partial charge is 0.264 e. The molecule has 0 bridgehead atoms. The first kappa shape index (κ1) is 23.4. The Bertz CT molecular complexity index is 1740. The lowest BCUT2D eigenvalue weighted by Gasteiger charge is -2.16. The van der Waals surface area contributed by atoms with Crippen LogP contribution >= 0.6 is 23.2 Å². The highest BCUT2D eigenvalue weighted by Gasteiger charge is 2.33. The summed E-state index contributed by atoms with van der Waals surface area (Å²) in [5, 5.41) is 3.32. The van der Waals surface area contributed by atoms with Gasteiger partial charge < -0.3 is 5.32 Å². The summed E-state index contributed by atoms with van der Waals surface area (Å²) in [4.78, 5) is 11.9. The molecule has 12 heteroatoms. The van der Waals surface area contributed by atoms with Crippen molar-refractivity contribution < 1.29 is 21.6 Å². The second kappa shape index (κ2) is 8.42. The summed E-state index contributed by atoms with van der Waals surface area (Å²) in [6.07, 6.45) is 0. The van der Waals surface area contributed by atoms with Crippen molar-refractivity contribution in [1.29, 1.82) is 0 Å². The Morgan fingerprint density at radius 2 is 1.37 bits per heavy atom.